The van der Waals surface area contributed by atoms with Gasteiger partial charge in [0.25, 0.3) is 0 Å². The minimum absolute atomic E-state index is 0.110. The molecule has 0 aliphatic rings. The molecule has 0 fully saturated rings. The van der Waals surface area contributed by atoms with E-state index in [1.54, 1.807) is 0 Å². The van der Waals surface area contributed by atoms with Crippen molar-refractivity contribution in [2.24, 2.45) is 0 Å². The lowest BCUT2D eigenvalue weighted by atomic mass is 10.2. The van der Waals surface area contributed by atoms with E-state index in [0.717, 1.165) is 5.56 Å². The highest BCUT2D eigenvalue weighted by molar-refractivity contribution is 5.13. The zero-order valence-corrected chi connectivity index (χ0v) is 8.35. The number of aliphatic hydroxyl groups excluding tert-OH is 1. The molecular weight excluding hydrogens is 180 g/mol. The van der Waals surface area contributed by atoms with Gasteiger partial charge in [0.2, 0.25) is 0 Å². The van der Waals surface area contributed by atoms with Gasteiger partial charge in [0.05, 0.1) is 13.2 Å². The molecule has 0 aromatic heterocycles. The summed E-state index contributed by atoms with van der Waals surface area (Å²) in [4.78, 5) is 0. The minimum atomic E-state index is -0.514. The van der Waals surface area contributed by atoms with Gasteiger partial charge in [0, 0.05) is 6.61 Å². The van der Waals surface area contributed by atoms with E-state index in [9.17, 15) is 0 Å². The maximum atomic E-state index is 8.89. The van der Waals surface area contributed by atoms with E-state index in [1.807, 2.05) is 37.3 Å². The van der Waals surface area contributed by atoms with Gasteiger partial charge in [-0.15, -0.1) is 0 Å². The van der Waals surface area contributed by atoms with Crippen LogP contribution in [0, 0.1) is 0 Å². The number of aliphatic hydroxyl groups is 1. The van der Waals surface area contributed by atoms with E-state index >= 15 is 0 Å². The quantitative estimate of drug-likeness (QED) is 0.702. The van der Waals surface area contributed by atoms with Gasteiger partial charge in [0.1, 0.15) is 0 Å². The Labute approximate surface area is 84.3 Å². The Hall–Kier alpha value is -0.900. The smallest absolute Gasteiger partial charge is 0.180 e. The third kappa shape index (κ3) is 3.87. The molecule has 3 nitrogen and oxygen atoms in total. The standard InChI is InChI=1S/C11H16O3/c1-2-13-11(8-12)14-9-10-6-4-3-5-7-10/h3-7,11-12H,2,8-9H2,1H3. The van der Waals surface area contributed by atoms with Gasteiger partial charge >= 0.3 is 0 Å². The lowest BCUT2D eigenvalue weighted by Gasteiger charge is -2.14. The molecule has 0 spiro atoms. The Kier molecular flexibility index (Phi) is 5.22. The minimum Gasteiger partial charge on any atom is -0.391 e. The van der Waals surface area contributed by atoms with Crippen molar-refractivity contribution >= 4 is 0 Å². The molecule has 3 heteroatoms. The third-order valence-electron chi connectivity index (χ3n) is 1.78. The summed E-state index contributed by atoms with van der Waals surface area (Å²) in [5, 5.41) is 8.89. The average Bonchev–Trinajstić information content (AvgIpc) is 2.25. The molecule has 0 radical (unpaired) electrons. The lowest BCUT2D eigenvalue weighted by Crippen LogP contribution is -2.21. The lowest BCUT2D eigenvalue weighted by molar-refractivity contribution is -0.166. The molecule has 0 saturated carbocycles. The molecule has 0 aliphatic heterocycles. The van der Waals surface area contributed by atoms with Crippen LogP contribution >= 0.6 is 0 Å². The molecule has 0 heterocycles. The first-order chi connectivity index (χ1) is 6.86. The fraction of sp³-hybridized carbons (Fsp3) is 0.455. The van der Waals surface area contributed by atoms with Crippen molar-refractivity contribution in [3.63, 3.8) is 0 Å². The van der Waals surface area contributed by atoms with Crippen LogP contribution in [0.1, 0.15) is 12.5 Å². The summed E-state index contributed by atoms with van der Waals surface area (Å²) in [6.07, 6.45) is -0.514. The summed E-state index contributed by atoms with van der Waals surface area (Å²) in [7, 11) is 0. The monoisotopic (exact) mass is 196 g/mol. The van der Waals surface area contributed by atoms with Gasteiger partial charge in [-0.05, 0) is 12.5 Å². The predicted octanol–water partition coefficient (Wildman–Crippen LogP) is 1.56. The zero-order valence-electron chi connectivity index (χ0n) is 8.35. The van der Waals surface area contributed by atoms with Gasteiger partial charge < -0.3 is 14.6 Å². The maximum absolute atomic E-state index is 8.89. The number of ether oxygens (including phenoxy) is 2. The molecule has 1 aromatic rings. The van der Waals surface area contributed by atoms with Crippen molar-refractivity contribution in [1.82, 2.24) is 0 Å². The highest BCUT2D eigenvalue weighted by Crippen LogP contribution is 2.03. The van der Waals surface area contributed by atoms with Crippen LogP contribution in [-0.2, 0) is 16.1 Å². The van der Waals surface area contributed by atoms with Crippen LogP contribution in [0.4, 0.5) is 0 Å². The third-order valence-corrected chi connectivity index (χ3v) is 1.78. The second-order valence-electron chi connectivity index (χ2n) is 2.86. The molecular formula is C11H16O3. The largest absolute Gasteiger partial charge is 0.391 e. The average molecular weight is 196 g/mol. The summed E-state index contributed by atoms with van der Waals surface area (Å²) in [5.74, 6) is 0. The number of hydrogen-bond acceptors (Lipinski definition) is 3. The Morgan fingerprint density at radius 1 is 1.21 bits per heavy atom. The molecule has 14 heavy (non-hydrogen) atoms. The van der Waals surface area contributed by atoms with Crippen LogP contribution in [0.15, 0.2) is 30.3 Å². The van der Waals surface area contributed by atoms with Gasteiger partial charge in [0.15, 0.2) is 6.29 Å². The first-order valence-corrected chi connectivity index (χ1v) is 4.74. The molecule has 1 atom stereocenters. The second kappa shape index (κ2) is 6.54. The molecule has 0 bridgehead atoms. The maximum Gasteiger partial charge on any atom is 0.180 e. The van der Waals surface area contributed by atoms with Gasteiger partial charge in [-0.25, -0.2) is 0 Å². The Morgan fingerprint density at radius 2 is 1.93 bits per heavy atom. The first kappa shape index (κ1) is 11.2. The van der Waals surface area contributed by atoms with E-state index in [1.165, 1.54) is 0 Å². The normalized spacial score (nSPS) is 12.7. The summed E-state index contributed by atoms with van der Waals surface area (Å²) in [6, 6.07) is 9.80. The van der Waals surface area contributed by atoms with Crippen LogP contribution in [0.25, 0.3) is 0 Å². The van der Waals surface area contributed by atoms with Crippen LogP contribution < -0.4 is 0 Å². The van der Waals surface area contributed by atoms with Gasteiger partial charge in [-0.2, -0.15) is 0 Å². The highest BCUT2D eigenvalue weighted by atomic mass is 16.7. The molecule has 1 N–H and O–H groups in total. The first-order valence-electron chi connectivity index (χ1n) is 4.74. The van der Waals surface area contributed by atoms with Crippen LogP contribution in [0.3, 0.4) is 0 Å². The van der Waals surface area contributed by atoms with Crippen molar-refractivity contribution in [1.29, 1.82) is 0 Å². The fourth-order valence-electron chi connectivity index (χ4n) is 1.10. The molecule has 1 unspecified atom stereocenters. The molecule has 1 rings (SSSR count). The SMILES string of the molecule is CCOC(CO)OCc1ccccc1. The summed E-state index contributed by atoms with van der Waals surface area (Å²) >= 11 is 0. The zero-order chi connectivity index (χ0) is 10.2. The Morgan fingerprint density at radius 3 is 2.50 bits per heavy atom. The number of hydrogen-bond donors (Lipinski definition) is 1. The van der Waals surface area contributed by atoms with Crippen LogP contribution in [0.5, 0.6) is 0 Å². The van der Waals surface area contributed by atoms with Gasteiger partial charge in [-0.1, -0.05) is 30.3 Å². The summed E-state index contributed by atoms with van der Waals surface area (Å²) < 4.78 is 10.5. The molecule has 1 aromatic carbocycles. The molecule has 0 aliphatic carbocycles. The Balaban J connectivity index is 2.32. The highest BCUT2D eigenvalue weighted by Gasteiger charge is 2.05. The van der Waals surface area contributed by atoms with E-state index in [0.29, 0.717) is 13.2 Å². The fourth-order valence-corrected chi connectivity index (χ4v) is 1.10. The predicted molar refractivity (Wildman–Crippen MR) is 53.7 cm³/mol. The Bertz CT molecular complexity index is 236. The van der Waals surface area contributed by atoms with E-state index in [2.05, 4.69) is 0 Å². The molecule has 0 amide bonds. The molecule has 0 saturated heterocycles. The van der Waals surface area contributed by atoms with Crippen molar-refractivity contribution in [3.05, 3.63) is 35.9 Å². The van der Waals surface area contributed by atoms with Crippen LogP contribution in [0.2, 0.25) is 0 Å². The van der Waals surface area contributed by atoms with E-state index < -0.39 is 6.29 Å². The summed E-state index contributed by atoms with van der Waals surface area (Å²) in [5.41, 5.74) is 1.07. The van der Waals surface area contributed by atoms with Crippen molar-refractivity contribution < 1.29 is 14.6 Å². The van der Waals surface area contributed by atoms with Crippen molar-refractivity contribution in [3.8, 4) is 0 Å². The van der Waals surface area contributed by atoms with Gasteiger partial charge in [-0.3, -0.25) is 0 Å². The number of rotatable bonds is 6. The topological polar surface area (TPSA) is 38.7 Å². The van der Waals surface area contributed by atoms with E-state index in [-0.39, 0.29) is 6.61 Å². The van der Waals surface area contributed by atoms with Crippen LogP contribution in [-0.4, -0.2) is 24.6 Å². The van der Waals surface area contributed by atoms with Crippen molar-refractivity contribution in [2.45, 2.75) is 19.8 Å². The van der Waals surface area contributed by atoms with E-state index in [4.69, 9.17) is 14.6 Å². The molecule has 78 valence electrons. The van der Waals surface area contributed by atoms with Crippen molar-refractivity contribution in [2.75, 3.05) is 13.2 Å². The second-order valence-corrected chi connectivity index (χ2v) is 2.86. The summed E-state index contributed by atoms with van der Waals surface area (Å²) in [6.45, 7) is 2.77. The number of benzene rings is 1.